The summed E-state index contributed by atoms with van der Waals surface area (Å²) in [5.41, 5.74) is 0. The minimum Gasteiger partial charge on any atom is -0.340 e. The summed E-state index contributed by atoms with van der Waals surface area (Å²) in [5, 5.41) is 1.48. The van der Waals surface area contributed by atoms with E-state index in [0.29, 0.717) is 13.0 Å². The van der Waals surface area contributed by atoms with Crippen molar-refractivity contribution in [2.45, 2.75) is 26.2 Å². The molecule has 4 heteroatoms. The van der Waals surface area contributed by atoms with Crippen molar-refractivity contribution in [2.75, 3.05) is 13.1 Å². The Morgan fingerprint density at radius 1 is 1.75 bits per heavy atom. The number of carbonyl (C=O) groups excluding carboxylic acids is 1. The van der Waals surface area contributed by atoms with E-state index in [0.717, 1.165) is 19.4 Å². The van der Waals surface area contributed by atoms with E-state index in [2.05, 4.69) is 4.99 Å². The summed E-state index contributed by atoms with van der Waals surface area (Å²) in [6.07, 6.45) is 3.97. The number of aliphatic imine (C=N–C) groups is 1. The molecule has 0 aliphatic carbocycles. The van der Waals surface area contributed by atoms with Gasteiger partial charge in [-0.25, -0.2) is 4.79 Å². The minimum atomic E-state index is -0.162. The quantitative estimate of drug-likeness (QED) is 0.631. The van der Waals surface area contributed by atoms with E-state index >= 15 is 0 Å². The van der Waals surface area contributed by atoms with Crippen LogP contribution in [0.1, 0.15) is 26.2 Å². The Morgan fingerprint density at radius 2 is 2.58 bits per heavy atom. The smallest absolute Gasteiger partial charge is 0.332 e. The number of unbranched alkanes of at least 4 members (excludes halogenated alkanes) is 1. The van der Waals surface area contributed by atoms with Crippen molar-refractivity contribution >= 4 is 12.3 Å². The van der Waals surface area contributed by atoms with Crippen LogP contribution < -0.4 is 0 Å². The van der Waals surface area contributed by atoms with Crippen molar-refractivity contribution in [3.63, 3.8) is 0 Å². The molecule has 0 unspecified atom stereocenters. The van der Waals surface area contributed by atoms with E-state index in [1.807, 2.05) is 6.92 Å². The molecule has 0 N–H and O–H groups in total. The van der Waals surface area contributed by atoms with Gasteiger partial charge in [-0.05, 0) is 6.42 Å². The van der Waals surface area contributed by atoms with Gasteiger partial charge >= 0.3 is 5.97 Å². The maximum absolute atomic E-state index is 11.0. The predicted molar refractivity (Wildman–Crippen MR) is 45.7 cm³/mol. The minimum absolute atomic E-state index is 0.162. The van der Waals surface area contributed by atoms with E-state index in [4.69, 9.17) is 4.84 Å². The van der Waals surface area contributed by atoms with E-state index < -0.39 is 0 Å². The number of hydrogen-bond donors (Lipinski definition) is 0. The second-order valence-corrected chi connectivity index (χ2v) is 2.73. The molecule has 0 radical (unpaired) electrons. The van der Waals surface area contributed by atoms with Gasteiger partial charge in [0.1, 0.15) is 6.34 Å². The standard InChI is InChI=1S/C8H14N2O2/c1-2-3-4-8(11)12-10-6-5-9-7-10/h7H,2-6H2,1H3. The van der Waals surface area contributed by atoms with E-state index in [9.17, 15) is 4.79 Å². The second kappa shape index (κ2) is 4.74. The van der Waals surface area contributed by atoms with Gasteiger partial charge in [0.05, 0.1) is 13.1 Å². The molecule has 0 saturated carbocycles. The Bertz CT molecular complexity index is 180. The van der Waals surface area contributed by atoms with Crippen LogP contribution in [0, 0.1) is 0 Å². The fourth-order valence-electron chi connectivity index (χ4n) is 0.930. The molecule has 0 saturated heterocycles. The summed E-state index contributed by atoms with van der Waals surface area (Å²) < 4.78 is 0. The first kappa shape index (κ1) is 9.03. The molecule has 0 fully saturated rings. The largest absolute Gasteiger partial charge is 0.340 e. The van der Waals surface area contributed by atoms with Crippen LogP contribution in [-0.2, 0) is 9.63 Å². The molecule has 0 spiro atoms. The van der Waals surface area contributed by atoms with Crippen LogP contribution in [0.3, 0.4) is 0 Å². The zero-order valence-electron chi connectivity index (χ0n) is 7.32. The third kappa shape index (κ3) is 2.90. The number of hydroxylamine groups is 2. The second-order valence-electron chi connectivity index (χ2n) is 2.73. The molecule has 4 nitrogen and oxygen atoms in total. The van der Waals surface area contributed by atoms with Crippen molar-refractivity contribution in [2.24, 2.45) is 4.99 Å². The average molecular weight is 170 g/mol. The first-order valence-electron chi connectivity index (χ1n) is 4.30. The molecule has 0 aromatic rings. The fourth-order valence-corrected chi connectivity index (χ4v) is 0.930. The van der Waals surface area contributed by atoms with Crippen molar-refractivity contribution in [3.8, 4) is 0 Å². The van der Waals surface area contributed by atoms with Crippen molar-refractivity contribution < 1.29 is 9.63 Å². The van der Waals surface area contributed by atoms with E-state index in [1.54, 1.807) is 6.34 Å². The molecular weight excluding hydrogens is 156 g/mol. The van der Waals surface area contributed by atoms with Gasteiger partial charge < -0.3 is 4.84 Å². The van der Waals surface area contributed by atoms with Gasteiger partial charge in [-0.15, -0.1) is 0 Å². The highest BCUT2D eigenvalue weighted by molar-refractivity contribution is 5.70. The molecule has 12 heavy (non-hydrogen) atoms. The predicted octanol–water partition coefficient (Wildman–Crippen LogP) is 0.979. The number of hydrogen-bond acceptors (Lipinski definition) is 4. The van der Waals surface area contributed by atoms with Crippen LogP contribution in [0.5, 0.6) is 0 Å². The number of nitrogens with zero attached hydrogens (tertiary/aromatic N) is 2. The molecular formula is C8H14N2O2. The molecule has 1 heterocycles. The Hall–Kier alpha value is -1.06. The zero-order valence-corrected chi connectivity index (χ0v) is 7.32. The molecule has 1 aliphatic rings. The molecule has 0 aromatic heterocycles. The first-order valence-corrected chi connectivity index (χ1v) is 4.30. The van der Waals surface area contributed by atoms with Crippen LogP contribution in [0.2, 0.25) is 0 Å². The van der Waals surface area contributed by atoms with E-state index in [-0.39, 0.29) is 5.97 Å². The summed E-state index contributed by atoms with van der Waals surface area (Å²) in [6, 6.07) is 0. The van der Waals surface area contributed by atoms with Crippen molar-refractivity contribution in [3.05, 3.63) is 0 Å². The monoisotopic (exact) mass is 170 g/mol. The lowest BCUT2D eigenvalue weighted by Crippen LogP contribution is -2.24. The van der Waals surface area contributed by atoms with Crippen LogP contribution in [0.4, 0.5) is 0 Å². The summed E-state index contributed by atoms with van der Waals surface area (Å²) in [4.78, 5) is 19.9. The Balaban J connectivity index is 2.12. The number of carbonyl (C=O) groups is 1. The molecule has 0 bridgehead atoms. The summed E-state index contributed by atoms with van der Waals surface area (Å²) in [7, 11) is 0. The SMILES string of the molecule is CCCCC(=O)ON1C=NCC1. The lowest BCUT2D eigenvalue weighted by Gasteiger charge is -2.12. The van der Waals surface area contributed by atoms with Gasteiger partial charge in [-0.3, -0.25) is 4.99 Å². The highest BCUT2D eigenvalue weighted by Gasteiger charge is 2.10. The van der Waals surface area contributed by atoms with Crippen LogP contribution >= 0.6 is 0 Å². The van der Waals surface area contributed by atoms with Crippen LogP contribution in [0.25, 0.3) is 0 Å². The van der Waals surface area contributed by atoms with Gasteiger partial charge in [0.2, 0.25) is 0 Å². The van der Waals surface area contributed by atoms with E-state index in [1.165, 1.54) is 5.06 Å². The van der Waals surface area contributed by atoms with Crippen molar-refractivity contribution in [1.82, 2.24) is 5.06 Å². The lowest BCUT2D eigenvalue weighted by atomic mass is 10.3. The Labute approximate surface area is 72.2 Å². The molecule has 0 aromatic carbocycles. The topological polar surface area (TPSA) is 41.9 Å². The maximum atomic E-state index is 11.0. The van der Waals surface area contributed by atoms with Crippen LogP contribution in [0.15, 0.2) is 4.99 Å². The van der Waals surface area contributed by atoms with Gasteiger partial charge in [-0.1, -0.05) is 13.3 Å². The maximum Gasteiger partial charge on any atom is 0.332 e. The third-order valence-corrected chi connectivity index (χ3v) is 1.61. The van der Waals surface area contributed by atoms with Gasteiger partial charge in [0.15, 0.2) is 0 Å². The van der Waals surface area contributed by atoms with Gasteiger partial charge in [0, 0.05) is 6.42 Å². The molecule has 68 valence electrons. The average Bonchev–Trinajstić information content (AvgIpc) is 2.53. The van der Waals surface area contributed by atoms with Crippen LogP contribution in [-0.4, -0.2) is 30.5 Å². The molecule has 1 rings (SSSR count). The van der Waals surface area contributed by atoms with Gasteiger partial charge in [-0.2, -0.15) is 5.06 Å². The summed E-state index contributed by atoms with van der Waals surface area (Å²) in [5.74, 6) is -0.162. The lowest BCUT2D eigenvalue weighted by molar-refractivity contribution is -0.170. The summed E-state index contributed by atoms with van der Waals surface area (Å²) >= 11 is 0. The fraction of sp³-hybridized carbons (Fsp3) is 0.750. The highest BCUT2D eigenvalue weighted by atomic mass is 16.7. The normalized spacial score (nSPS) is 15.2. The number of rotatable bonds is 4. The van der Waals surface area contributed by atoms with Gasteiger partial charge in [0.25, 0.3) is 0 Å². The molecule has 0 atom stereocenters. The summed E-state index contributed by atoms with van der Waals surface area (Å²) in [6.45, 7) is 3.46. The Morgan fingerprint density at radius 3 is 3.17 bits per heavy atom. The molecule has 0 amide bonds. The first-order chi connectivity index (χ1) is 5.83. The Kier molecular flexibility index (Phi) is 3.57. The third-order valence-electron chi connectivity index (χ3n) is 1.61. The van der Waals surface area contributed by atoms with Crippen molar-refractivity contribution in [1.29, 1.82) is 0 Å². The zero-order chi connectivity index (χ0) is 8.81. The molecule has 1 aliphatic heterocycles. The highest BCUT2D eigenvalue weighted by Crippen LogP contribution is 2.00.